The smallest absolute Gasteiger partial charge is 0.269 e. The molecule has 0 saturated heterocycles. The van der Waals surface area contributed by atoms with Gasteiger partial charge >= 0.3 is 0 Å². The highest BCUT2D eigenvalue weighted by atomic mass is 16.6. The van der Waals surface area contributed by atoms with E-state index in [0.717, 1.165) is 45.3 Å². The Hall–Kier alpha value is -3.47. The van der Waals surface area contributed by atoms with Crippen molar-refractivity contribution >= 4 is 27.9 Å². The SMILES string of the molecule is CC1(C)CC(=O)C2=C(C1)Nc1ccc3ccccc3c1[C@@H]2c1cccc([N+](=O)[O-])c1. The van der Waals surface area contributed by atoms with Crippen LogP contribution in [0.15, 0.2) is 71.9 Å². The molecule has 5 nitrogen and oxygen atoms in total. The lowest BCUT2D eigenvalue weighted by atomic mass is 9.68. The molecular formula is C25H22N2O3. The number of nitrogens with zero attached hydrogens (tertiary/aromatic N) is 1. The molecule has 1 N–H and O–H groups in total. The second-order valence-electron chi connectivity index (χ2n) is 8.99. The number of carbonyl (C=O) groups excluding carboxylic acids is 1. The van der Waals surface area contributed by atoms with Gasteiger partial charge in [0.15, 0.2) is 5.78 Å². The van der Waals surface area contributed by atoms with Gasteiger partial charge in [-0.25, -0.2) is 0 Å². The van der Waals surface area contributed by atoms with E-state index in [0.29, 0.717) is 6.42 Å². The number of carbonyl (C=O) groups is 1. The molecule has 0 spiro atoms. The van der Waals surface area contributed by atoms with Crippen molar-refractivity contribution in [1.29, 1.82) is 0 Å². The van der Waals surface area contributed by atoms with Crippen LogP contribution in [0, 0.1) is 15.5 Å². The van der Waals surface area contributed by atoms with Gasteiger partial charge in [-0.3, -0.25) is 14.9 Å². The minimum atomic E-state index is -0.379. The number of rotatable bonds is 2. The molecule has 0 bridgehead atoms. The summed E-state index contributed by atoms with van der Waals surface area (Å²) in [5.41, 5.74) is 4.37. The van der Waals surface area contributed by atoms with E-state index < -0.39 is 0 Å². The second kappa shape index (κ2) is 6.52. The summed E-state index contributed by atoms with van der Waals surface area (Å²) in [6.45, 7) is 4.21. The van der Waals surface area contributed by atoms with E-state index >= 15 is 0 Å². The summed E-state index contributed by atoms with van der Waals surface area (Å²) in [5.74, 6) is -0.213. The summed E-state index contributed by atoms with van der Waals surface area (Å²) in [6, 6.07) is 18.9. The Balaban J connectivity index is 1.82. The lowest BCUT2D eigenvalue weighted by molar-refractivity contribution is -0.384. The molecule has 30 heavy (non-hydrogen) atoms. The summed E-state index contributed by atoms with van der Waals surface area (Å²) < 4.78 is 0. The van der Waals surface area contributed by atoms with Gasteiger partial charge in [0.1, 0.15) is 0 Å². The first kappa shape index (κ1) is 18.6. The van der Waals surface area contributed by atoms with Gasteiger partial charge in [-0.1, -0.05) is 56.3 Å². The maximum absolute atomic E-state index is 13.4. The normalized spacial score (nSPS) is 19.8. The number of ketones is 1. The van der Waals surface area contributed by atoms with E-state index in [-0.39, 0.29) is 27.7 Å². The van der Waals surface area contributed by atoms with Crippen molar-refractivity contribution in [2.45, 2.75) is 32.6 Å². The Kier molecular flexibility index (Phi) is 4.03. The van der Waals surface area contributed by atoms with E-state index in [1.165, 1.54) is 6.07 Å². The van der Waals surface area contributed by atoms with Crippen molar-refractivity contribution < 1.29 is 9.72 Å². The Morgan fingerprint density at radius 3 is 2.63 bits per heavy atom. The van der Waals surface area contributed by atoms with Crippen molar-refractivity contribution in [1.82, 2.24) is 0 Å². The van der Waals surface area contributed by atoms with Gasteiger partial charge in [0.25, 0.3) is 5.69 Å². The summed E-state index contributed by atoms with van der Waals surface area (Å²) >= 11 is 0. The van der Waals surface area contributed by atoms with Crippen molar-refractivity contribution in [2.24, 2.45) is 5.41 Å². The first-order valence-electron chi connectivity index (χ1n) is 10.1. The predicted octanol–water partition coefficient (Wildman–Crippen LogP) is 5.95. The number of allylic oxidation sites excluding steroid dienone is 2. The van der Waals surface area contributed by atoms with Crippen LogP contribution in [0.5, 0.6) is 0 Å². The van der Waals surface area contributed by atoms with Crippen molar-refractivity contribution in [3.05, 3.63) is 93.2 Å². The molecule has 1 aliphatic heterocycles. The average molecular weight is 398 g/mol. The van der Waals surface area contributed by atoms with Crippen molar-refractivity contribution in [3.63, 3.8) is 0 Å². The lowest BCUT2D eigenvalue weighted by Crippen LogP contribution is -2.33. The molecule has 150 valence electrons. The van der Waals surface area contributed by atoms with Crippen LogP contribution in [0.4, 0.5) is 11.4 Å². The number of fused-ring (bicyclic) bond motifs is 3. The molecule has 0 fully saturated rings. The van der Waals surface area contributed by atoms with Gasteiger partial charge in [-0.15, -0.1) is 0 Å². The number of nitro groups is 1. The molecule has 3 aromatic carbocycles. The van der Waals surface area contributed by atoms with Crippen LogP contribution in [0.3, 0.4) is 0 Å². The van der Waals surface area contributed by atoms with Crippen LogP contribution < -0.4 is 5.32 Å². The Bertz CT molecular complexity index is 1260. The predicted molar refractivity (Wildman–Crippen MR) is 118 cm³/mol. The quantitative estimate of drug-likeness (QED) is 0.428. The highest BCUT2D eigenvalue weighted by Gasteiger charge is 2.41. The zero-order chi connectivity index (χ0) is 21.0. The highest BCUT2D eigenvalue weighted by molar-refractivity contribution is 6.04. The van der Waals surface area contributed by atoms with Crippen molar-refractivity contribution in [3.8, 4) is 0 Å². The number of non-ortho nitro benzene ring substituents is 1. The highest BCUT2D eigenvalue weighted by Crippen LogP contribution is 2.51. The van der Waals surface area contributed by atoms with E-state index in [1.807, 2.05) is 18.2 Å². The molecule has 1 atom stereocenters. The van der Waals surface area contributed by atoms with Crippen LogP contribution >= 0.6 is 0 Å². The van der Waals surface area contributed by atoms with Crippen LogP contribution in [-0.2, 0) is 4.79 Å². The number of hydrogen-bond acceptors (Lipinski definition) is 4. The zero-order valence-electron chi connectivity index (χ0n) is 16.9. The van der Waals surface area contributed by atoms with Crippen LogP contribution in [0.2, 0.25) is 0 Å². The summed E-state index contributed by atoms with van der Waals surface area (Å²) in [6.07, 6.45) is 1.24. The molecule has 0 aromatic heterocycles. The Morgan fingerprint density at radius 2 is 1.83 bits per heavy atom. The summed E-state index contributed by atoms with van der Waals surface area (Å²) in [7, 11) is 0. The first-order valence-corrected chi connectivity index (χ1v) is 10.1. The molecule has 0 unspecified atom stereocenters. The third-order valence-corrected chi connectivity index (χ3v) is 6.17. The minimum Gasteiger partial charge on any atom is -0.358 e. The third-order valence-electron chi connectivity index (χ3n) is 6.17. The number of anilines is 1. The van der Waals surface area contributed by atoms with Gasteiger partial charge in [0.2, 0.25) is 0 Å². The fraction of sp³-hybridized carbons (Fsp3) is 0.240. The van der Waals surface area contributed by atoms with Crippen molar-refractivity contribution in [2.75, 3.05) is 5.32 Å². The fourth-order valence-electron chi connectivity index (χ4n) is 4.95. The minimum absolute atomic E-state index is 0.0403. The third kappa shape index (κ3) is 2.89. The molecule has 0 radical (unpaired) electrons. The molecule has 5 heteroatoms. The molecule has 5 rings (SSSR count). The number of nitro benzene ring substituents is 1. The summed E-state index contributed by atoms with van der Waals surface area (Å²) in [4.78, 5) is 24.4. The van der Waals surface area contributed by atoms with E-state index in [1.54, 1.807) is 12.1 Å². The maximum atomic E-state index is 13.4. The number of Topliss-reactive ketones (excluding diaryl/α,β-unsaturated/α-hetero) is 1. The zero-order valence-corrected chi connectivity index (χ0v) is 16.9. The monoisotopic (exact) mass is 398 g/mol. The van der Waals surface area contributed by atoms with E-state index in [4.69, 9.17) is 0 Å². The maximum Gasteiger partial charge on any atom is 0.269 e. The Morgan fingerprint density at radius 1 is 1.03 bits per heavy atom. The van der Waals surface area contributed by atoms with Crippen LogP contribution in [-0.4, -0.2) is 10.7 Å². The lowest BCUT2D eigenvalue weighted by Gasteiger charge is -2.40. The van der Waals surface area contributed by atoms with Gasteiger partial charge in [0.05, 0.1) is 4.92 Å². The molecular weight excluding hydrogens is 376 g/mol. The fourth-order valence-corrected chi connectivity index (χ4v) is 4.95. The number of hydrogen-bond donors (Lipinski definition) is 1. The molecule has 3 aromatic rings. The largest absolute Gasteiger partial charge is 0.358 e. The van der Waals surface area contributed by atoms with E-state index in [9.17, 15) is 14.9 Å². The molecule has 0 amide bonds. The van der Waals surface area contributed by atoms with Gasteiger partial charge < -0.3 is 5.32 Å². The van der Waals surface area contributed by atoms with Gasteiger partial charge in [-0.2, -0.15) is 0 Å². The molecule has 1 aliphatic carbocycles. The number of benzene rings is 3. The van der Waals surface area contributed by atoms with Gasteiger partial charge in [-0.05, 0) is 39.8 Å². The van der Waals surface area contributed by atoms with Gasteiger partial charge in [0, 0.05) is 41.4 Å². The molecule has 1 heterocycles. The standard InChI is InChI=1S/C25H22N2O3/c1-25(2)13-20-24(21(28)14-25)22(16-7-5-8-17(12-16)27(29)30)23-18-9-4-3-6-15(18)10-11-19(23)26-20/h3-12,22,26H,13-14H2,1-2H3/t22-/m0/s1. The first-order chi connectivity index (χ1) is 14.3. The summed E-state index contributed by atoms with van der Waals surface area (Å²) in [5, 5.41) is 17.1. The molecule has 0 saturated carbocycles. The Labute approximate surface area is 174 Å². The van der Waals surface area contributed by atoms with E-state index in [2.05, 4.69) is 43.4 Å². The van der Waals surface area contributed by atoms with Crippen LogP contribution in [0.1, 0.15) is 43.7 Å². The molecule has 2 aliphatic rings. The van der Waals surface area contributed by atoms with Crippen LogP contribution in [0.25, 0.3) is 10.8 Å². The average Bonchev–Trinajstić information content (AvgIpc) is 2.71. The topological polar surface area (TPSA) is 72.2 Å². The second-order valence-corrected chi connectivity index (χ2v) is 8.99. The number of nitrogens with one attached hydrogen (secondary N) is 1.